The molecule has 5 heteroatoms. The van der Waals surface area contributed by atoms with Crippen LogP contribution < -0.4 is 11.1 Å². The van der Waals surface area contributed by atoms with Crippen LogP contribution in [0.2, 0.25) is 0 Å². The fourth-order valence-electron chi connectivity index (χ4n) is 1.80. The maximum Gasteiger partial charge on any atom is 0.407 e. The molecule has 1 saturated carbocycles. The van der Waals surface area contributed by atoms with E-state index in [0.29, 0.717) is 0 Å². The van der Waals surface area contributed by atoms with Crippen LogP contribution in [0.5, 0.6) is 0 Å². The lowest BCUT2D eigenvalue weighted by Gasteiger charge is -2.30. The molecule has 4 nitrogen and oxygen atoms in total. The van der Waals surface area contributed by atoms with Crippen molar-refractivity contribution in [2.24, 2.45) is 5.73 Å². The monoisotopic (exact) mass is 250 g/mol. The van der Waals surface area contributed by atoms with E-state index in [2.05, 4.69) is 5.32 Å². The molecule has 0 aromatic heterocycles. The third kappa shape index (κ3) is 5.56. The highest BCUT2D eigenvalue weighted by molar-refractivity contribution is 5.85. The summed E-state index contributed by atoms with van der Waals surface area (Å²) in [7, 11) is 0. The Labute approximate surface area is 104 Å². The highest BCUT2D eigenvalue weighted by atomic mass is 35.5. The van der Waals surface area contributed by atoms with Crippen LogP contribution in [0.4, 0.5) is 4.79 Å². The van der Waals surface area contributed by atoms with E-state index in [1.54, 1.807) is 0 Å². The van der Waals surface area contributed by atoms with Crippen LogP contribution in [0.3, 0.4) is 0 Å². The van der Waals surface area contributed by atoms with Gasteiger partial charge < -0.3 is 15.8 Å². The maximum absolute atomic E-state index is 11.5. The van der Waals surface area contributed by atoms with E-state index >= 15 is 0 Å². The minimum Gasteiger partial charge on any atom is -0.444 e. The maximum atomic E-state index is 11.5. The van der Waals surface area contributed by atoms with Crippen molar-refractivity contribution in [2.75, 3.05) is 0 Å². The van der Waals surface area contributed by atoms with Gasteiger partial charge >= 0.3 is 6.09 Å². The number of amides is 1. The summed E-state index contributed by atoms with van der Waals surface area (Å²) in [6.07, 6.45) is 3.88. The van der Waals surface area contributed by atoms with Gasteiger partial charge in [0.1, 0.15) is 5.60 Å². The Morgan fingerprint density at radius 2 is 1.88 bits per heavy atom. The van der Waals surface area contributed by atoms with Gasteiger partial charge in [0.05, 0.1) is 0 Å². The molecule has 0 radical (unpaired) electrons. The first kappa shape index (κ1) is 15.5. The second kappa shape index (κ2) is 6.30. The smallest absolute Gasteiger partial charge is 0.407 e. The highest BCUT2D eigenvalue weighted by Crippen LogP contribution is 2.17. The Morgan fingerprint density at radius 1 is 1.31 bits per heavy atom. The number of rotatable bonds is 1. The molecule has 16 heavy (non-hydrogen) atoms. The molecule has 0 saturated heterocycles. The molecule has 1 fully saturated rings. The number of hydrogen-bond acceptors (Lipinski definition) is 3. The first-order chi connectivity index (χ1) is 6.88. The zero-order valence-corrected chi connectivity index (χ0v) is 11.1. The van der Waals surface area contributed by atoms with Crippen molar-refractivity contribution < 1.29 is 9.53 Å². The number of hydrogen-bond donors (Lipinski definition) is 2. The molecule has 2 atom stereocenters. The molecule has 96 valence electrons. The third-order valence-corrected chi connectivity index (χ3v) is 2.52. The van der Waals surface area contributed by atoms with Gasteiger partial charge in [-0.1, -0.05) is 12.8 Å². The fraction of sp³-hybridized carbons (Fsp3) is 0.909. The SMILES string of the molecule is CC(C)(C)OC(=O)NC1CCCCC1N.Cl. The van der Waals surface area contributed by atoms with Gasteiger partial charge in [-0.05, 0) is 33.6 Å². The van der Waals surface area contributed by atoms with Crippen molar-refractivity contribution in [3.63, 3.8) is 0 Å². The Kier molecular flexibility index (Phi) is 6.11. The summed E-state index contributed by atoms with van der Waals surface area (Å²) < 4.78 is 5.18. The third-order valence-electron chi connectivity index (χ3n) is 2.52. The average Bonchev–Trinajstić information content (AvgIpc) is 2.05. The van der Waals surface area contributed by atoms with Gasteiger partial charge in [-0.25, -0.2) is 4.79 Å². The van der Waals surface area contributed by atoms with E-state index in [0.717, 1.165) is 25.7 Å². The molecular formula is C11H23ClN2O2. The van der Waals surface area contributed by atoms with Crippen LogP contribution in [0.15, 0.2) is 0 Å². The zero-order chi connectivity index (χ0) is 11.5. The Bertz CT molecular complexity index is 229. The largest absolute Gasteiger partial charge is 0.444 e. The summed E-state index contributed by atoms with van der Waals surface area (Å²) in [6.45, 7) is 5.56. The predicted octanol–water partition coefficient (Wildman–Crippen LogP) is 2.20. The number of carbonyl (C=O) groups excluding carboxylic acids is 1. The summed E-state index contributed by atoms with van der Waals surface area (Å²) in [5.41, 5.74) is 5.48. The van der Waals surface area contributed by atoms with Crippen molar-refractivity contribution in [3.8, 4) is 0 Å². The number of ether oxygens (including phenoxy) is 1. The summed E-state index contributed by atoms with van der Waals surface area (Å²) >= 11 is 0. The lowest BCUT2D eigenvalue weighted by molar-refractivity contribution is 0.0486. The summed E-state index contributed by atoms with van der Waals surface area (Å²) in [5, 5.41) is 2.84. The van der Waals surface area contributed by atoms with E-state index in [1.807, 2.05) is 20.8 Å². The normalized spacial score (nSPS) is 25.5. The molecule has 0 spiro atoms. The van der Waals surface area contributed by atoms with Crippen LogP contribution in [0.1, 0.15) is 46.5 Å². The lowest BCUT2D eigenvalue weighted by Crippen LogP contribution is -2.50. The van der Waals surface area contributed by atoms with Gasteiger partial charge in [0.15, 0.2) is 0 Å². The second-order valence-corrected chi connectivity index (χ2v) is 5.20. The van der Waals surface area contributed by atoms with Crippen LogP contribution in [0.25, 0.3) is 0 Å². The Balaban J connectivity index is 0.00000225. The van der Waals surface area contributed by atoms with Crippen LogP contribution in [-0.4, -0.2) is 23.8 Å². The minimum absolute atomic E-state index is 0. The number of alkyl carbamates (subject to hydrolysis) is 1. The van der Waals surface area contributed by atoms with Gasteiger partial charge in [0, 0.05) is 12.1 Å². The van der Waals surface area contributed by atoms with Crippen LogP contribution in [0, 0.1) is 0 Å². The first-order valence-corrected chi connectivity index (χ1v) is 5.63. The lowest BCUT2D eigenvalue weighted by atomic mass is 9.91. The number of nitrogens with one attached hydrogen (secondary N) is 1. The van der Waals surface area contributed by atoms with E-state index in [9.17, 15) is 4.79 Å². The number of nitrogens with two attached hydrogens (primary N) is 1. The average molecular weight is 251 g/mol. The van der Waals surface area contributed by atoms with E-state index in [1.165, 1.54) is 0 Å². The molecule has 1 aliphatic carbocycles. The second-order valence-electron chi connectivity index (χ2n) is 5.20. The highest BCUT2D eigenvalue weighted by Gasteiger charge is 2.25. The van der Waals surface area contributed by atoms with Crippen LogP contribution in [-0.2, 0) is 4.74 Å². The Morgan fingerprint density at radius 3 is 2.38 bits per heavy atom. The van der Waals surface area contributed by atoms with Crippen molar-refractivity contribution in [2.45, 2.75) is 64.1 Å². The molecule has 1 amide bonds. The predicted molar refractivity (Wildman–Crippen MR) is 66.8 cm³/mol. The summed E-state index contributed by atoms with van der Waals surface area (Å²) in [5.74, 6) is 0. The number of carbonyl (C=O) groups is 1. The molecule has 2 unspecified atom stereocenters. The minimum atomic E-state index is -0.442. The molecular weight excluding hydrogens is 228 g/mol. The van der Waals surface area contributed by atoms with Crippen molar-refractivity contribution in [1.82, 2.24) is 5.32 Å². The van der Waals surface area contributed by atoms with Gasteiger partial charge in [0.25, 0.3) is 0 Å². The van der Waals surface area contributed by atoms with Gasteiger partial charge in [-0.3, -0.25) is 0 Å². The zero-order valence-electron chi connectivity index (χ0n) is 10.3. The topological polar surface area (TPSA) is 64.3 Å². The molecule has 0 bridgehead atoms. The molecule has 1 rings (SSSR count). The van der Waals surface area contributed by atoms with E-state index in [-0.39, 0.29) is 30.6 Å². The van der Waals surface area contributed by atoms with Crippen molar-refractivity contribution >= 4 is 18.5 Å². The standard InChI is InChI=1S/C11H22N2O2.ClH/c1-11(2,3)15-10(14)13-9-7-5-4-6-8(9)12;/h8-9H,4-7,12H2,1-3H3,(H,13,14);1H. The summed E-state index contributed by atoms with van der Waals surface area (Å²) in [4.78, 5) is 11.5. The van der Waals surface area contributed by atoms with Crippen molar-refractivity contribution in [1.29, 1.82) is 0 Å². The first-order valence-electron chi connectivity index (χ1n) is 5.63. The van der Waals surface area contributed by atoms with Gasteiger partial charge in [0.2, 0.25) is 0 Å². The molecule has 0 aliphatic heterocycles. The molecule has 1 aliphatic rings. The quantitative estimate of drug-likeness (QED) is 0.750. The van der Waals surface area contributed by atoms with Gasteiger partial charge in [-0.2, -0.15) is 0 Å². The fourth-order valence-corrected chi connectivity index (χ4v) is 1.80. The van der Waals surface area contributed by atoms with E-state index in [4.69, 9.17) is 10.5 Å². The Hall–Kier alpha value is -0.480. The molecule has 0 aromatic carbocycles. The molecule has 3 N–H and O–H groups in total. The van der Waals surface area contributed by atoms with Crippen LogP contribution >= 0.6 is 12.4 Å². The number of halogens is 1. The summed E-state index contributed by atoms with van der Waals surface area (Å²) in [6, 6.07) is 0.153. The molecule has 0 heterocycles. The molecule has 0 aromatic rings. The van der Waals surface area contributed by atoms with Crippen molar-refractivity contribution in [3.05, 3.63) is 0 Å². The van der Waals surface area contributed by atoms with E-state index < -0.39 is 5.60 Å². The van der Waals surface area contributed by atoms with Gasteiger partial charge in [-0.15, -0.1) is 12.4 Å².